The van der Waals surface area contributed by atoms with Gasteiger partial charge in [-0.2, -0.15) is 0 Å². The number of aromatic nitrogens is 4. The minimum Gasteiger partial charge on any atom is -0.307 e. The van der Waals surface area contributed by atoms with Crippen LogP contribution in [0.2, 0.25) is 0 Å². The number of hydrogen-bond acceptors (Lipinski definition) is 7. The maximum absolute atomic E-state index is 13.7. The van der Waals surface area contributed by atoms with Gasteiger partial charge in [0.1, 0.15) is 17.4 Å². The lowest BCUT2D eigenvalue weighted by Crippen LogP contribution is -2.43. The molecule has 0 aromatic carbocycles. The predicted molar refractivity (Wildman–Crippen MR) is 121 cm³/mol. The van der Waals surface area contributed by atoms with Crippen LogP contribution in [0.4, 0.5) is 4.39 Å². The zero-order valence-electron chi connectivity index (χ0n) is 18.5. The SMILES string of the molecule is O=C1CCc2cnc(CNC3CCN(CCn4c(=O)ccc5ncc(F)cc54)CC3)nc2C1. The molecule has 3 aromatic heterocycles. The topological polar surface area (TPSA) is 93.0 Å². The van der Waals surface area contributed by atoms with E-state index in [4.69, 9.17) is 0 Å². The molecule has 1 N–H and O–H groups in total. The number of rotatable bonds is 6. The fourth-order valence-electron chi connectivity index (χ4n) is 4.69. The molecule has 2 aliphatic rings. The van der Waals surface area contributed by atoms with Crippen molar-refractivity contribution < 1.29 is 9.18 Å². The van der Waals surface area contributed by atoms with Gasteiger partial charge in [0.25, 0.3) is 5.56 Å². The summed E-state index contributed by atoms with van der Waals surface area (Å²) in [5, 5.41) is 3.55. The van der Waals surface area contributed by atoms with E-state index in [1.54, 1.807) is 10.6 Å². The standard InChI is InChI=1S/C24H27FN6O2/c25-17-11-22-20(27-14-17)3-4-24(33)31(22)10-9-30-7-5-18(6-8-30)26-15-23-28-13-16-1-2-19(32)12-21(16)29-23/h3-4,11,13-14,18,26H,1-2,5-10,12,15H2. The van der Waals surface area contributed by atoms with Crippen LogP contribution >= 0.6 is 0 Å². The number of Topliss-reactive ketones (excluding diaryl/α,β-unsaturated/α-hetero) is 1. The minimum atomic E-state index is -0.441. The van der Waals surface area contributed by atoms with Crippen LogP contribution < -0.4 is 10.9 Å². The van der Waals surface area contributed by atoms with Crippen molar-refractivity contribution >= 4 is 16.8 Å². The number of pyridine rings is 2. The number of likely N-dealkylation sites (tertiary alicyclic amines) is 1. The lowest BCUT2D eigenvalue weighted by atomic mass is 9.96. The van der Waals surface area contributed by atoms with Gasteiger partial charge in [0.05, 0.1) is 29.5 Å². The minimum absolute atomic E-state index is 0.141. The van der Waals surface area contributed by atoms with Crippen molar-refractivity contribution in [2.75, 3.05) is 19.6 Å². The summed E-state index contributed by atoms with van der Waals surface area (Å²) in [7, 11) is 0. The highest BCUT2D eigenvalue weighted by atomic mass is 19.1. The van der Waals surface area contributed by atoms with E-state index in [1.807, 2.05) is 6.20 Å². The van der Waals surface area contributed by atoms with Crippen LogP contribution in [-0.2, 0) is 30.7 Å². The average Bonchev–Trinajstić information content (AvgIpc) is 2.82. The van der Waals surface area contributed by atoms with Gasteiger partial charge in [-0.1, -0.05) is 0 Å². The van der Waals surface area contributed by atoms with Gasteiger partial charge in [0.2, 0.25) is 0 Å². The van der Waals surface area contributed by atoms with E-state index in [-0.39, 0.29) is 11.3 Å². The number of carbonyl (C=O) groups is 1. The summed E-state index contributed by atoms with van der Waals surface area (Å²) in [5.74, 6) is 0.546. The first-order chi connectivity index (χ1) is 16.0. The van der Waals surface area contributed by atoms with E-state index in [2.05, 4.69) is 25.2 Å². The summed E-state index contributed by atoms with van der Waals surface area (Å²) in [4.78, 5) is 39.5. The summed E-state index contributed by atoms with van der Waals surface area (Å²) < 4.78 is 15.3. The third-order valence-corrected chi connectivity index (χ3v) is 6.62. The second-order valence-corrected chi connectivity index (χ2v) is 8.85. The highest BCUT2D eigenvalue weighted by Gasteiger charge is 2.21. The average molecular weight is 451 g/mol. The summed E-state index contributed by atoms with van der Waals surface area (Å²) in [6.45, 7) is 3.66. The Bertz CT molecular complexity index is 1240. The normalized spacial score (nSPS) is 17.4. The maximum Gasteiger partial charge on any atom is 0.251 e. The summed E-state index contributed by atoms with van der Waals surface area (Å²) in [5.41, 5.74) is 2.98. The highest BCUT2D eigenvalue weighted by molar-refractivity contribution is 5.82. The van der Waals surface area contributed by atoms with Gasteiger partial charge >= 0.3 is 0 Å². The van der Waals surface area contributed by atoms with Crippen molar-refractivity contribution in [1.82, 2.24) is 29.7 Å². The molecule has 1 aliphatic carbocycles. The quantitative estimate of drug-likeness (QED) is 0.610. The number of nitrogens with zero attached hydrogens (tertiary/aromatic N) is 5. The molecule has 1 saturated heterocycles. The van der Waals surface area contributed by atoms with Gasteiger partial charge in [0, 0.05) is 50.3 Å². The summed E-state index contributed by atoms with van der Waals surface area (Å²) in [6.07, 6.45) is 6.78. The molecule has 5 rings (SSSR count). The zero-order chi connectivity index (χ0) is 22.8. The first-order valence-corrected chi connectivity index (χ1v) is 11.5. The largest absolute Gasteiger partial charge is 0.307 e. The van der Waals surface area contributed by atoms with E-state index in [0.717, 1.165) is 56.0 Å². The Balaban J connectivity index is 1.13. The molecule has 0 atom stereocenters. The molecule has 0 spiro atoms. The summed E-state index contributed by atoms with van der Waals surface area (Å²) >= 11 is 0. The van der Waals surface area contributed by atoms with Crippen LogP contribution in [0.25, 0.3) is 11.0 Å². The van der Waals surface area contributed by atoms with Crippen molar-refractivity contribution in [3.8, 4) is 0 Å². The van der Waals surface area contributed by atoms with E-state index in [9.17, 15) is 14.0 Å². The second kappa shape index (κ2) is 9.44. The van der Waals surface area contributed by atoms with E-state index in [0.29, 0.717) is 43.0 Å². The van der Waals surface area contributed by atoms with E-state index in [1.165, 1.54) is 18.3 Å². The van der Waals surface area contributed by atoms with Gasteiger partial charge < -0.3 is 14.8 Å². The number of halogens is 1. The van der Waals surface area contributed by atoms with Gasteiger partial charge in [-0.05, 0) is 44.0 Å². The van der Waals surface area contributed by atoms with Crippen LogP contribution in [0.1, 0.15) is 36.3 Å². The Morgan fingerprint density at radius 3 is 2.76 bits per heavy atom. The fraction of sp³-hybridized carbons (Fsp3) is 0.458. The molecule has 33 heavy (non-hydrogen) atoms. The van der Waals surface area contributed by atoms with Gasteiger partial charge in [-0.3, -0.25) is 14.6 Å². The molecule has 0 saturated carbocycles. The van der Waals surface area contributed by atoms with E-state index >= 15 is 0 Å². The van der Waals surface area contributed by atoms with Crippen molar-refractivity contribution in [2.24, 2.45) is 0 Å². The summed E-state index contributed by atoms with van der Waals surface area (Å²) in [6, 6.07) is 4.87. The Morgan fingerprint density at radius 1 is 1.06 bits per heavy atom. The first kappa shape index (κ1) is 21.8. The molecule has 172 valence electrons. The number of ketones is 1. The third kappa shape index (κ3) is 4.99. The number of hydrogen-bond donors (Lipinski definition) is 1. The monoisotopic (exact) mass is 450 g/mol. The smallest absolute Gasteiger partial charge is 0.251 e. The number of piperidine rings is 1. The van der Waals surface area contributed by atoms with Gasteiger partial charge in [-0.25, -0.2) is 14.4 Å². The Kier molecular flexibility index (Phi) is 6.24. The lowest BCUT2D eigenvalue weighted by Gasteiger charge is -2.32. The molecule has 8 nitrogen and oxygen atoms in total. The Hall–Kier alpha value is -3.04. The van der Waals surface area contributed by atoms with Crippen LogP contribution in [0.15, 0.2) is 35.4 Å². The molecule has 0 unspecified atom stereocenters. The van der Waals surface area contributed by atoms with Gasteiger partial charge in [0.15, 0.2) is 0 Å². The molecule has 1 fully saturated rings. The van der Waals surface area contributed by atoms with Crippen molar-refractivity contribution in [3.63, 3.8) is 0 Å². The zero-order valence-corrected chi connectivity index (χ0v) is 18.5. The van der Waals surface area contributed by atoms with Gasteiger partial charge in [-0.15, -0.1) is 0 Å². The van der Waals surface area contributed by atoms with Crippen molar-refractivity contribution in [3.05, 3.63) is 63.8 Å². The maximum atomic E-state index is 13.7. The van der Waals surface area contributed by atoms with Crippen LogP contribution in [0.5, 0.6) is 0 Å². The third-order valence-electron chi connectivity index (χ3n) is 6.62. The number of fused-ring (bicyclic) bond motifs is 2. The van der Waals surface area contributed by atoms with Crippen LogP contribution in [0.3, 0.4) is 0 Å². The molecule has 9 heteroatoms. The predicted octanol–water partition coefficient (Wildman–Crippen LogP) is 1.64. The fourth-order valence-corrected chi connectivity index (χ4v) is 4.69. The molecule has 3 aromatic rings. The Labute approximate surface area is 190 Å². The molecule has 0 amide bonds. The molecule has 0 radical (unpaired) electrons. The second-order valence-electron chi connectivity index (χ2n) is 8.85. The van der Waals surface area contributed by atoms with E-state index < -0.39 is 5.82 Å². The number of nitrogens with one attached hydrogen (secondary N) is 1. The Morgan fingerprint density at radius 2 is 1.91 bits per heavy atom. The first-order valence-electron chi connectivity index (χ1n) is 11.5. The molecule has 0 bridgehead atoms. The number of carbonyl (C=O) groups excluding carboxylic acids is 1. The molecular weight excluding hydrogens is 423 g/mol. The number of aryl methyl sites for hydroxylation is 1. The van der Waals surface area contributed by atoms with Crippen molar-refractivity contribution in [2.45, 2.75) is 51.2 Å². The van der Waals surface area contributed by atoms with Crippen molar-refractivity contribution in [1.29, 1.82) is 0 Å². The van der Waals surface area contributed by atoms with Crippen LogP contribution in [0, 0.1) is 5.82 Å². The highest BCUT2D eigenvalue weighted by Crippen LogP contribution is 2.17. The molecular formula is C24H27FN6O2. The lowest BCUT2D eigenvalue weighted by molar-refractivity contribution is -0.118. The molecule has 1 aliphatic heterocycles. The van der Waals surface area contributed by atoms with Crippen LogP contribution in [-0.4, -0.2) is 55.9 Å². The molecule has 4 heterocycles.